The summed E-state index contributed by atoms with van der Waals surface area (Å²) in [5.74, 6) is 0.459. The number of nitrogens with one attached hydrogen (secondary N) is 2. The van der Waals surface area contributed by atoms with Gasteiger partial charge in [0, 0.05) is 12.6 Å². The molecule has 0 spiro atoms. The van der Waals surface area contributed by atoms with Crippen molar-refractivity contribution in [1.29, 1.82) is 0 Å². The average Bonchev–Trinajstić information content (AvgIpc) is 2.91. The summed E-state index contributed by atoms with van der Waals surface area (Å²) in [6.45, 7) is 1.44. The minimum Gasteiger partial charge on any atom is -0.495 e. The maximum atomic E-state index is 12.1. The van der Waals surface area contributed by atoms with Crippen LogP contribution in [-0.4, -0.2) is 34.7 Å². The van der Waals surface area contributed by atoms with E-state index in [1.165, 1.54) is 19.2 Å². The normalized spacial score (nSPS) is 19.2. The van der Waals surface area contributed by atoms with Crippen LogP contribution in [0.2, 0.25) is 5.02 Å². The van der Waals surface area contributed by atoms with Crippen molar-refractivity contribution in [2.75, 3.05) is 20.2 Å². The second kappa shape index (κ2) is 6.76. The molecule has 1 aromatic rings. The molecule has 1 aliphatic heterocycles. The van der Waals surface area contributed by atoms with Crippen molar-refractivity contribution in [2.45, 2.75) is 30.2 Å². The topological polar surface area (TPSA) is 67.4 Å². The zero-order valence-electron chi connectivity index (χ0n) is 11.4. The molecule has 2 rings (SSSR count). The lowest BCUT2D eigenvalue weighted by Crippen LogP contribution is -2.30. The van der Waals surface area contributed by atoms with E-state index in [4.69, 9.17) is 16.3 Å². The molecular formula is C13H19ClN2O3S. The second-order valence-electron chi connectivity index (χ2n) is 4.78. The monoisotopic (exact) mass is 318 g/mol. The number of hydrogen-bond donors (Lipinski definition) is 2. The predicted molar refractivity (Wildman–Crippen MR) is 78.8 cm³/mol. The minimum atomic E-state index is -3.52. The molecule has 0 aliphatic carbocycles. The van der Waals surface area contributed by atoms with Crippen LogP contribution in [0.25, 0.3) is 0 Å². The Balaban J connectivity index is 1.96. The van der Waals surface area contributed by atoms with Gasteiger partial charge in [0.05, 0.1) is 17.0 Å². The van der Waals surface area contributed by atoms with Gasteiger partial charge >= 0.3 is 0 Å². The van der Waals surface area contributed by atoms with Gasteiger partial charge in [-0.2, -0.15) is 0 Å². The molecule has 0 unspecified atom stereocenters. The first kappa shape index (κ1) is 15.6. The summed E-state index contributed by atoms with van der Waals surface area (Å²) in [5, 5.41) is 3.62. The summed E-state index contributed by atoms with van der Waals surface area (Å²) in [5.41, 5.74) is 0. The smallest absolute Gasteiger partial charge is 0.240 e. The van der Waals surface area contributed by atoms with Gasteiger partial charge in [-0.15, -0.1) is 0 Å². The third kappa shape index (κ3) is 3.85. The number of benzene rings is 1. The Labute approximate surface area is 124 Å². The van der Waals surface area contributed by atoms with E-state index in [0.717, 1.165) is 25.8 Å². The molecule has 0 saturated carbocycles. The first-order chi connectivity index (χ1) is 9.53. The zero-order chi connectivity index (χ0) is 14.6. The molecule has 1 fully saturated rings. The molecule has 1 heterocycles. The molecule has 0 bridgehead atoms. The van der Waals surface area contributed by atoms with Crippen molar-refractivity contribution in [1.82, 2.24) is 10.0 Å². The van der Waals surface area contributed by atoms with Gasteiger partial charge in [-0.05, 0) is 44.0 Å². The van der Waals surface area contributed by atoms with E-state index in [2.05, 4.69) is 10.0 Å². The van der Waals surface area contributed by atoms with E-state index >= 15 is 0 Å². The molecule has 20 heavy (non-hydrogen) atoms. The fraction of sp³-hybridized carbons (Fsp3) is 0.538. The molecule has 1 aromatic carbocycles. The van der Waals surface area contributed by atoms with Crippen molar-refractivity contribution in [3.8, 4) is 5.75 Å². The Morgan fingerprint density at radius 1 is 1.50 bits per heavy atom. The minimum absolute atomic E-state index is 0.155. The highest BCUT2D eigenvalue weighted by atomic mass is 35.5. The third-order valence-corrected chi connectivity index (χ3v) is 5.13. The average molecular weight is 319 g/mol. The lowest BCUT2D eigenvalue weighted by molar-refractivity contribution is 0.414. The van der Waals surface area contributed by atoms with Crippen LogP contribution in [0, 0.1) is 0 Å². The van der Waals surface area contributed by atoms with Gasteiger partial charge in [-0.1, -0.05) is 11.6 Å². The Kier molecular flexibility index (Phi) is 5.26. The van der Waals surface area contributed by atoms with Crippen LogP contribution in [0.5, 0.6) is 5.75 Å². The molecule has 5 nitrogen and oxygen atoms in total. The molecule has 1 atom stereocenters. The fourth-order valence-electron chi connectivity index (χ4n) is 2.27. The Morgan fingerprint density at radius 3 is 2.90 bits per heavy atom. The summed E-state index contributed by atoms with van der Waals surface area (Å²) in [6.07, 6.45) is 3.06. The standard InChI is InChI=1S/C13H19ClN2O3S/c1-19-13-5-4-11(9-12(13)14)20(17,18)16-8-6-10-3-2-7-15-10/h4-5,9-10,15-16H,2-3,6-8H2,1H3/t10-/m0/s1. The van der Waals surface area contributed by atoms with Gasteiger partial charge in [-0.3, -0.25) is 0 Å². The molecule has 0 aromatic heterocycles. The predicted octanol–water partition coefficient (Wildman–Crippen LogP) is 1.77. The van der Waals surface area contributed by atoms with Crippen LogP contribution in [-0.2, 0) is 10.0 Å². The number of rotatable bonds is 6. The van der Waals surface area contributed by atoms with Gasteiger partial charge in [0.25, 0.3) is 0 Å². The zero-order valence-corrected chi connectivity index (χ0v) is 12.9. The lowest BCUT2D eigenvalue weighted by atomic mass is 10.2. The van der Waals surface area contributed by atoms with Gasteiger partial charge in [0.1, 0.15) is 5.75 Å². The first-order valence-corrected chi connectivity index (χ1v) is 8.45. The Morgan fingerprint density at radius 2 is 2.30 bits per heavy atom. The van der Waals surface area contributed by atoms with E-state index in [9.17, 15) is 8.42 Å². The van der Waals surface area contributed by atoms with E-state index in [0.29, 0.717) is 18.3 Å². The Bertz CT molecular complexity index is 557. The van der Waals surface area contributed by atoms with Crippen LogP contribution < -0.4 is 14.8 Å². The number of sulfonamides is 1. The molecule has 0 radical (unpaired) electrons. The SMILES string of the molecule is COc1ccc(S(=O)(=O)NCC[C@@H]2CCCN2)cc1Cl. The lowest BCUT2D eigenvalue weighted by Gasteiger charge is -2.12. The van der Waals surface area contributed by atoms with Gasteiger partial charge < -0.3 is 10.1 Å². The van der Waals surface area contributed by atoms with Crippen LogP contribution in [0.1, 0.15) is 19.3 Å². The summed E-state index contributed by atoms with van der Waals surface area (Å²) >= 11 is 5.95. The van der Waals surface area contributed by atoms with Crippen molar-refractivity contribution in [2.24, 2.45) is 0 Å². The summed E-state index contributed by atoms with van der Waals surface area (Å²) < 4.78 is 31.9. The van der Waals surface area contributed by atoms with E-state index in [-0.39, 0.29) is 9.92 Å². The molecule has 112 valence electrons. The van der Waals surface area contributed by atoms with Crippen LogP contribution in [0.4, 0.5) is 0 Å². The van der Waals surface area contributed by atoms with E-state index < -0.39 is 10.0 Å². The maximum Gasteiger partial charge on any atom is 0.240 e. The van der Waals surface area contributed by atoms with Gasteiger partial charge in [0.15, 0.2) is 0 Å². The fourth-order valence-corrected chi connectivity index (χ4v) is 3.66. The highest BCUT2D eigenvalue weighted by molar-refractivity contribution is 7.89. The number of ether oxygens (including phenoxy) is 1. The second-order valence-corrected chi connectivity index (χ2v) is 6.95. The van der Waals surface area contributed by atoms with E-state index in [1.807, 2.05) is 0 Å². The van der Waals surface area contributed by atoms with Crippen molar-refractivity contribution >= 4 is 21.6 Å². The van der Waals surface area contributed by atoms with Crippen molar-refractivity contribution in [3.05, 3.63) is 23.2 Å². The summed E-state index contributed by atoms with van der Waals surface area (Å²) in [7, 11) is -2.03. The van der Waals surface area contributed by atoms with Crippen LogP contribution >= 0.6 is 11.6 Å². The summed E-state index contributed by atoms with van der Waals surface area (Å²) in [4.78, 5) is 0.155. The molecule has 1 aliphatic rings. The van der Waals surface area contributed by atoms with Crippen LogP contribution in [0.3, 0.4) is 0 Å². The number of hydrogen-bond acceptors (Lipinski definition) is 4. The highest BCUT2D eigenvalue weighted by Crippen LogP contribution is 2.26. The molecule has 2 N–H and O–H groups in total. The molecule has 1 saturated heterocycles. The quantitative estimate of drug-likeness (QED) is 0.839. The van der Waals surface area contributed by atoms with Crippen molar-refractivity contribution < 1.29 is 13.2 Å². The maximum absolute atomic E-state index is 12.1. The number of halogens is 1. The molecule has 7 heteroatoms. The molecule has 0 amide bonds. The third-order valence-electron chi connectivity index (χ3n) is 3.38. The molecular weight excluding hydrogens is 300 g/mol. The largest absolute Gasteiger partial charge is 0.495 e. The van der Waals surface area contributed by atoms with Crippen LogP contribution in [0.15, 0.2) is 23.1 Å². The van der Waals surface area contributed by atoms with Gasteiger partial charge in [0.2, 0.25) is 10.0 Å². The van der Waals surface area contributed by atoms with Crippen molar-refractivity contribution in [3.63, 3.8) is 0 Å². The van der Waals surface area contributed by atoms with Gasteiger partial charge in [-0.25, -0.2) is 13.1 Å². The first-order valence-electron chi connectivity index (χ1n) is 6.59. The number of methoxy groups -OCH3 is 1. The Hall–Kier alpha value is -0.820. The summed E-state index contributed by atoms with van der Waals surface area (Å²) in [6, 6.07) is 4.85. The van der Waals surface area contributed by atoms with E-state index in [1.54, 1.807) is 6.07 Å². The highest BCUT2D eigenvalue weighted by Gasteiger charge is 2.18.